The quantitative estimate of drug-likeness (QED) is 0.458. The van der Waals surface area contributed by atoms with Crippen molar-refractivity contribution >= 4 is 11.7 Å². The Labute approximate surface area is 94.2 Å². The van der Waals surface area contributed by atoms with Crippen LogP contribution in [0.1, 0.15) is 36.7 Å². The second-order valence-electron chi connectivity index (χ2n) is 4.58. The van der Waals surface area contributed by atoms with Crippen molar-refractivity contribution in [3.05, 3.63) is 35.4 Å². The van der Waals surface area contributed by atoms with E-state index in [0.717, 1.165) is 5.56 Å². The van der Waals surface area contributed by atoms with Crippen molar-refractivity contribution in [1.82, 2.24) is 0 Å². The second kappa shape index (κ2) is 4.35. The summed E-state index contributed by atoms with van der Waals surface area (Å²) in [4.78, 5) is 10.7. The molecule has 0 atom stereocenters. The van der Waals surface area contributed by atoms with E-state index < -0.39 is 5.97 Å². The Kier molecular flexibility index (Phi) is 3.32. The lowest BCUT2D eigenvalue weighted by Crippen LogP contribution is -2.21. The predicted octanol–water partition coefficient (Wildman–Crippen LogP) is 2.61. The van der Waals surface area contributed by atoms with Crippen molar-refractivity contribution in [3.63, 3.8) is 0 Å². The molecule has 0 saturated heterocycles. The maximum Gasteiger partial charge on any atom is 0.335 e. The van der Waals surface area contributed by atoms with Crippen molar-refractivity contribution in [2.75, 3.05) is 0 Å². The van der Waals surface area contributed by atoms with Gasteiger partial charge in [0.05, 0.1) is 11.3 Å². The van der Waals surface area contributed by atoms with Crippen LogP contribution in [0, 0.1) is 5.41 Å². The zero-order valence-electron chi connectivity index (χ0n) is 9.56. The van der Waals surface area contributed by atoms with Gasteiger partial charge in [0, 0.05) is 5.41 Å². The van der Waals surface area contributed by atoms with Crippen LogP contribution in [-0.4, -0.2) is 22.0 Å². The Bertz CT molecular complexity index is 413. The molecule has 4 nitrogen and oxygen atoms in total. The second-order valence-corrected chi connectivity index (χ2v) is 4.58. The van der Waals surface area contributed by atoms with E-state index in [0.29, 0.717) is 5.71 Å². The van der Waals surface area contributed by atoms with Gasteiger partial charge in [0.1, 0.15) is 0 Å². The molecule has 0 radical (unpaired) electrons. The van der Waals surface area contributed by atoms with Gasteiger partial charge >= 0.3 is 5.97 Å². The Morgan fingerprint density at radius 3 is 1.88 bits per heavy atom. The van der Waals surface area contributed by atoms with Gasteiger partial charge in [-0.1, -0.05) is 38.1 Å². The van der Waals surface area contributed by atoms with Crippen molar-refractivity contribution in [2.45, 2.75) is 20.8 Å². The minimum atomic E-state index is -0.968. The third-order valence-corrected chi connectivity index (χ3v) is 2.22. The lowest BCUT2D eigenvalue weighted by Gasteiger charge is -2.19. The van der Waals surface area contributed by atoms with Crippen LogP contribution in [0.2, 0.25) is 0 Å². The number of hydrogen-bond acceptors (Lipinski definition) is 3. The third kappa shape index (κ3) is 2.59. The van der Waals surface area contributed by atoms with Crippen LogP contribution in [0.15, 0.2) is 29.4 Å². The van der Waals surface area contributed by atoms with Gasteiger partial charge < -0.3 is 10.3 Å². The van der Waals surface area contributed by atoms with Crippen LogP contribution >= 0.6 is 0 Å². The Hall–Kier alpha value is -1.84. The van der Waals surface area contributed by atoms with Gasteiger partial charge in [0.15, 0.2) is 0 Å². The minimum Gasteiger partial charge on any atom is -0.478 e. The van der Waals surface area contributed by atoms with E-state index in [1.165, 1.54) is 12.1 Å². The summed E-state index contributed by atoms with van der Waals surface area (Å²) in [6.07, 6.45) is 0. The molecule has 0 aromatic heterocycles. The van der Waals surface area contributed by atoms with Crippen LogP contribution < -0.4 is 0 Å². The van der Waals surface area contributed by atoms with Crippen molar-refractivity contribution in [1.29, 1.82) is 0 Å². The zero-order chi connectivity index (χ0) is 12.3. The first-order valence-electron chi connectivity index (χ1n) is 4.92. The van der Waals surface area contributed by atoms with Crippen LogP contribution in [-0.2, 0) is 0 Å². The number of carbonyl (C=O) groups is 1. The standard InChI is InChI=1S/C12H15NO3/c1-12(2,3)10(13-16)8-4-6-9(7-5-8)11(14)15/h4-7,16H,1-3H3,(H,14,15). The Morgan fingerprint density at radius 1 is 1.12 bits per heavy atom. The summed E-state index contributed by atoms with van der Waals surface area (Å²) in [5.74, 6) is -0.968. The highest BCUT2D eigenvalue weighted by Crippen LogP contribution is 2.22. The van der Waals surface area contributed by atoms with E-state index >= 15 is 0 Å². The predicted molar refractivity (Wildman–Crippen MR) is 61.2 cm³/mol. The minimum absolute atomic E-state index is 0.218. The van der Waals surface area contributed by atoms with Crippen molar-refractivity contribution in [2.24, 2.45) is 10.6 Å². The molecule has 0 unspecified atom stereocenters. The average Bonchev–Trinajstić information content (AvgIpc) is 2.17. The molecule has 0 fully saturated rings. The molecular formula is C12H15NO3. The fraction of sp³-hybridized carbons (Fsp3) is 0.333. The number of oxime groups is 1. The maximum absolute atomic E-state index is 10.7. The van der Waals surface area contributed by atoms with Crippen LogP contribution in [0.25, 0.3) is 0 Å². The van der Waals surface area contributed by atoms with Gasteiger partial charge in [0.2, 0.25) is 0 Å². The van der Waals surface area contributed by atoms with Gasteiger partial charge in [-0.15, -0.1) is 0 Å². The topological polar surface area (TPSA) is 69.9 Å². The fourth-order valence-corrected chi connectivity index (χ4v) is 1.41. The Morgan fingerprint density at radius 2 is 1.56 bits per heavy atom. The van der Waals surface area contributed by atoms with E-state index in [4.69, 9.17) is 10.3 Å². The molecule has 0 bridgehead atoms. The Balaban J connectivity index is 3.11. The molecule has 0 aliphatic heterocycles. The molecule has 0 spiro atoms. The highest BCUT2D eigenvalue weighted by atomic mass is 16.4. The number of carboxylic acid groups (broad SMARTS) is 1. The molecule has 2 N–H and O–H groups in total. The summed E-state index contributed by atoms with van der Waals surface area (Å²) >= 11 is 0. The molecule has 0 heterocycles. The fourth-order valence-electron chi connectivity index (χ4n) is 1.41. The number of aromatic carboxylic acids is 1. The molecule has 0 aliphatic rings. The molecular weight excluding hydrogens is 206 g/mol. The van der Waals surface area contributed by atoms with E-state index in [1.54, 1.807) is 12.1 Å². The monoisotopic (exact) mass is 221 g/mol. The van der Waals surface area contributed by atoms with Gasteiger partial charge in [-0.25, -0.2) is 4.79 Å². The summed E-state index contributed by atoms with van der Waals surface area (Å²) in [7, 11) is 0. The largest absolute Gasteiger partial charge is 0.478 e. The van der Waals surface area contributed by atoms with Crippen LogP contribution in [0.3, 0.4) is 0 Å². The number of benzene rings is 1. The van der Waals surface area contributed by atoms with Crippen LogP contribution in [0.4, 0.5) is 0 Å². The van der Waals surface area contributed by atoms with E-state index in [9.17, 15) is 4.79 Å². The number of carboxylic acids is 1. The molecule has 86 valence electrons. The van der Waals surface area contributed by atoms with E-state index in [2.05, 4.69) is 5.16 Å². The van der Waals surface area contributed by atoms with E-state index in [1.807, 2.05) is 20.8 Å². The number of hydrogen-bond donors (Lipinski definition) is 2. The lowest BCUT2D eigenvalue weighted by atomic mass is 9.85. The normalized spacial score (nSPS) is 12.6. The lowest BCUT2D eigenvalue weighted by molar-refractivity contribution is 0.0697. The first kappa shape index (κ1) is 12.2. The maximum atomic E-state index is 10.7. The third-order valence-electron chi connectivity index (χ3n) is 2.22. The summed E-state index contributed by atoms with van der Waals surface area (Å²) < 4.78 is 0. The highest BCUT2D eigenvalue weighted by molar-refractivity contribution is 6.04. The highest BCUT2D eigenvalue weighted by Gasteiger charge is 2.21. The van der Waals surface area contributed by atoms with Crippen molar-refractivity contribution in [3.8, 4) is 0 Å². The average molecular weight is 221 g/mol. The first-order valence-corrected chi connectivity index (χ1v) is 4.92. The van der Waals surface area contributed by atoms with Gasteiger partial charge in [-0.2, -0.15) is 0 Å². The molecule has 0 saturated carbocycles. The van der Waals surface area contributed by atoms with Gasteiger partial charge in [-0.3, -0.25) is 0 Å². The number of rotatable bonds is 2. The molecule has 0 amide bonds. The molecule has 4 heteroatoms. The van der Waals surface area contributed by atoms with Gasteiger partial charge in [0.25, 0.3) is 0 Å². The SMILES string of the molecule is CC(C)(C)C(=NO)c1ccc(C(=O)O)cc1. The summed E-state index contributed by atoms with van der Waals surface area (Å²) in [5, 5.41) is 21.0. The smallest absolute Gasteiger partial charge is 0.335 e. The zero-order valence-corrected chi connectivity index (χ0v) is 9.56. The summed E-state index contributed by atoms with van der Waals surface area (Å²) in [6.45, 7) is 5.77. The molecule has 1 aromatic carbocycles. The summed E-state index contributed by atoms with van der Waals surface area (Å²) in [6, 6.07) is 6.27. The van der Waals surface area contributed by atoms with Crippen LogP contribution in [0.5, 0.6) is 0 Å². The molecule has 0 aliphatic carbocycles. The van der Waals surface area contributed by atoms with E-state index in [-0.39, 0.29) is 11.0 Å². The molecule has 16 heavy (non-hydrogen) atoms. The van der Waals surface area contributed by atoms with Gasteiger partial charge in [-0.05, 0) is 17.7 Å². The first-order chi connectivity index (χ1) is 7.36. The van der Waals surface area contributed by atoms with Crippen molar-refractivity contribution < 1.29 is 15.1 Å². The molecule has 1 rings (SSSR count). The molecule has 1 aromatic rings. The number of nitrogens with zero attached hydrogens (tertiary/aromatic N) is 1. The summed E-state index contributed by atoms with van der Waals surface area (Å²) in [5.41, 5.74) is 1.18.